The summed E-state index contributed by atoms with van der Waals surface area (Å²) in [4.78, 5) is 17.8. The van der Waals surface area contributed by atoms with Crippen molar-refractivity contribution in [1.82, 2.24) is 19.8 Å². The molecule has 0 fully saturated rings. The Balaban J connectivity index is 1.87. The number of tetrazole rings is 1. The first-order valence-corrected chi connectivity index (χ1v) is 8.29. The van der Waals surface area contributed by atoms with Crippen LogP contribution in [0.5, 0.6) is 0 Å². The second-order valence-corrected chi connectivity index (χ2v) is 6.13. The summed E-state index contributed by atoms with van der Waals surface area (Å²) in [6, 6.07) is 13.7. The number of rotatable bonds is 5. The average Bonchev–Trinajstić information content (AvgIpc) is 2.95. The van der Waals surface area contributed by atoms with Gasteiger partial charge in [-0.3, -0.25) is 0 Å². The third kappa shape index (κ3) is 3.42. The highest BCUT2D eigenvalue weighted by Gasteiger charge is 2.13. The molecule has 1 heterocycles. The van der Waals surface area contributed by atoms with Crippen LogP contribution in [0.2, 0.25) is 0 Å². The van der Waals surface area contributed by atoms with Gasteiger partial charge in [-0.2, -0.15) is 9.36 Å². The normalized spacial score (nSPS) is 11.6. The molecule has 0 N–H and O–H groups in total. The van der Waals surface area contributed by atoms with Gasteiger partial charge in [0.05, 0.1) is 11.4 Å². The molecule has 3 rings (SSSR count). The molecule has 0 unspecified atom stereocenters. The Bertz CT molecular complexity index is 1020. The van der Waals surface area contributed by atoms with Gasteiger partial charge in [-0.15, -0.1) is 0 Å². The highest BCUT2D eigenvalue weighted by molar-refractivity contribution is 5.99. The van der Waals surface area contributed by atoms with E-state index in [2.05, 4.69) is 15.6 Å². The molecule has 0 bridgehead atoms. The smallest absolute Gasteiger partial charge is 0.368 e. The number of oxime groups is 1. The molecule has 0 aliphatic heterocycles. The maximum absolute atomic E-state index is 12.2. The standard InChI is InChI=1S/C19H21N5O2/c1-13-8-5-6-10-16(13)15(3)20-26-12-17-14(2)9-7-11-18(17)24-19(25)23(4)21-22-24/h5-11H,12H2,1-4H3/b20-15+. The number of hydrogen-bond donors (Lipinski definition) is 0. The number of aryl methyl sites for hydroxylation is 3. The zero-order valence-corrected chi connectivity index (χ0v) is 15.3. The van der Waals surface area contributed by atoms with Crippen molar-refractivity contribution in [2.45, 2.75) is 27.4 Å². The molecule has 134 valence electrons. The molecule has 3 aromatic rings. The summed E-state index contributed by atoms with van der Waals surface area (Å²) in [6.07, 6.45) is 0. The van der Waals surface area contributed by atoms with E-state index >= 15 is 0 Å². The fraction of sp³-hybridized carbons (Fsp3) is 0.263. The summed E-state index contributed by atoms with van der Waals surface area (Å²) < 4.78 is 2.46. The van der Waals surface area contributed by atoms with E-state index in [-0.39, 0.29) is 12.3 Å². The van der Waals surface area contributed by atoms with E-state index in [1.54, 1.807) is 7.05 Å². The summed E-state index contributed by atoms with van der Waals surface area (Å²) in [5, 5.41) is 11.9. The van der Waals surface area contributed by atoms with Gasteiger partial charge in [0.1, 0.15) is 6.61 Å². The predicted molar refractivity (Wildman–Crippen MR) is 99.5 cm³/mol. The molecule has 0 aliphatic rings. The zero-order chi connectivity index (χ0) is 18.7. The molecule has 0 atom stereocenters. The first-order valence-electron chi connectivity index (χ1n) is 8.29. The number of hydrogen-bond acceptors (Lipinski definition) is 5. The molecule has 0 saturated heterocycles. The molecule has 0 aliphatic carbocycles. The monoisotopic (exact) mass is 351 g/mol. The van der Waals surface area contributed by atoms with E-state index in [1.165, 1.54) is 9.36 Å². The van der Waals surface area contributed by atoms with Gasteiger partial charge in [-0.05, 0) is 48.4 Å². The van der Waals surface area contributed by atoms with Crippen molar-refractivity contribution in [3.63, 3.8) is 0 Å². The van der Waals surface area contributed by atoms with E-state index in [1.807, 2.05) is 63.2 Å². The van der Waals surface area contributed by atoms with E-state index < -0.39 is 0 Å². The molecule has 0 spiro atoms. The lowest BCUT2D eigenvalue weighted by Gasteiger charge is -2.11. The maximum atomic E-state index is 12.2. The van der Waals surface area contributed by atoms with Crippen molar-refractivity contribution in [2.75, 3.05) is 0 Å². The molecule has 7 nitrogen and oxygen atoms in total. The minimum absolute atomic E-state index is 0.230. The van der Waals surface area contributed by atoms with Gasteiger partial charge in [-0.25, -0.2) is 4.79 Å². The molecule has 7 heteroatoms. The predicted octanol–water partition coefficient (Wildman–Crippen LogP) is 2.52. The molecule has 26 heavy (non-hydrogen) atoms. The maximum Gasteiger partial charge on any atom is 0.368 e. The van der Waals surface area contributed by atoms with E-state index in [4.69, 9.17) is 4.84 Å². The van der Waals surface area contributed by atoms with Gasteiger partial charge in [-0.1, -0.05) is 41.6 Å². The lowest BCUT2D eigenvalue weighted by Crippen LogP contribution is -2.23. The van der Waals surface area contributed by atoms with E-state index in [9.17, 15) is 4.79 Å². The number of benzene rings is 2. The Labute approximate surface area is 151 Å². The second kappa shape index (κ2) is 7.35. The Morgan fingerprint density at radius 2 is 1.81 bits per heavy atom. The molecule has 0 radical (unpaired) electrons. The lowest BCUT2D eigenvalue weighted by molar-refractivity contribution is 0.130. The van der Waals surface area contributed by atoms with Crippen molar-refractivity contribution in [2.24, 2.45) is 12.2 Å². The number of aromatic nitrogens is 4. The highest BCUT2D eigenvalue weighted by Crippen LogP contribution is 2.18. The van der Waals surface area contributed by atoms with Crippen LogP contribution < -0.4 is 5.69 Å². The molecule has 1 aromatic heterocycles. The van der Waals surface area contributed by atoms with Gasteiger partial charge < -0.3 is 4.84 Å². The fourth-order valence-electron chi connectivity index (χ4n) is 2.76. The molecular weight excluding hydrogens is 330 g/mol. The van der Waals surface area contributed by atoms with Crippen LogP contribution in [-0.2, 0) is 18.5 Å². The topological polar surface area (TPSA) is 74.3 Å². The van der Waals surface area contributed by atoms with Crippen LogP contribution in [-0.4, -0.2) is 25.5 Å². The molecule has 0 saturated carbocycles. The van der Waals surface area contributed by atoms with Crippen molar-refractivity contribution in [3.8, 4) is 5.69 Å². The van der Waals surface area contributed by atoms with Crippen LogP contribution in [0.25, 0.3) is 5.69 Å². The Morgan fingerprint density at radius 3 is 2.50 bits per heavy atom. The third-order valence-corrected chi connectivity index (χ3v) is 4.28. The average molecular weight is 351 g/mol. The Kier molecular flexibility index (Phi) is 4.97. The van der Waals surface area contributed by atoms with Gasteiger partial charge >= 0.3 is 5.69 Å². The highest BCUT2D eigenvalue weighted by atomic mass is 16.6. The Morgan fingerprint density at radius 1 is 1.08 bits per heavy atom. The first-order chi connectivity index (χ1) is 12.5. The number of nitrogens with zero attached hydrogens (tertiary/aromatic N) is 5. The first kappa shape index (κ1) is 17.6. The van der Waals surface area contributed by atoms with Crippen molar-refractivity contribution < 1.29 is 4.84 Å². The summed E-state index contributed by atoms with van der Waals surface area (Å²) in [7, 11) is 1.56. The molecule has 2 aromatic carbocycles. The summed E-state index contributed by atoms with van der Waals surface area (Å²) in [5.41, 5.74) is 5.15. The summed E-state index contributed by atoms with van der Waals surface area (Å²) >= 11 is 0. The fourth-order valence-corrected chi connectivity index (χ4v) is 2.76. The summed E-state index contributed by atoms with van der Waals surface area (Å²) in [5.74, 6) is 0. The van der Waals surface area contributed by atoms with Crippen LogP contribution >= 0.6 is 0 Å². The van der Waals surface area contributed by atoms with E-state index in [0.29, 0.717) is 5.69 Å². The second-order valence-electron chi connectivity index (χ2n) is 6.13. The quantitative estimate of drug-likeness (QED) is 0.523. The van der Waals surface area contributed by atoms with Gasteiger partial charge in [0, 0.05) is 18.2 Å². The van der Waals surface area contributed by atoms with Crippen LogP contribution in [0.3, 0.4) is 0 Å². The minimum atomic E-state index is -0.309. The van der Waals surface area contributed by atoms with E-state index in [0.717, 1.165) is 28.0 Å². The van der Waals surface area contributed by atoms with Crippen LogP contribution in [0.4, 0.5) is 0 Å². The van der Waals surface area contributed by atoms with Crippen LogP contribution in [0.15, 0.2) is 52.4 Å². The van der Waals surface area contributed by atoms with Crippen molar-refractivity contribution in [3.05, 3.63) is 75.2 Å². The van der Waals surface area contributed by atoms with Gasteiger partial charge in [0.15, 0.2) is 0 Å². The third-order valence-electron chi connectivity index (χ3n) is 4.28. The molecular formula is C19H21N5O2. The Hall–Kier alpha value is -3.22. The van der Waals surface area contributed by atoms with Crippen LogP contribution in [0, 0.1) is 13.8 Å². The van der Waals surface area contributed by atoms with Gasteiger partial charge in [0.25, 0.3) is 0 Å². The summed E-state index contributed by atoms with van der Waals surface area (Å²) in [6.45, 7) is 6.14. The largest absolute Gasteiger partial charge is 0.391 e. The molecule has 0 amide bonds. The zero-order valence-electron chi connectivity index (χ0n) is 15.3. The SMILES string of the molecule is C/C(=N\OCc1c(C)cccc1-n1nnn(C)c1=O)c1ccccc1C. The van der Waals surface area contributed by atoms with Crippen molar-refractivity contribution >= 4 is 5.71 Å². The lowest BCUT2D eigenvalue weighted by atomic mass is 10.1. The van der Waals surface area contributed by atoms with Crippen molar-refractivity contribution in [1.29, 1.82) is 0 Å². The van der Waals surface area contributed by atoms with Gasteiger partial charge in [0.2, 0.25) is 0 Å². The van der Waals surface area contributed by atoms with Crippen LogP contribution in [0.1, 0.15) is 29.2 Å². The minimum Gasteiger partial charge on any atom is -0.391 e.